The number of thioether (sulfide) groups is 1. The number of hydrogen-bond acceptors (Lipinski definition) is 6. The Kier molecular flexibility index (Phi) is 6.58. The molecule has 1 atom stereocenters. The van der Waals surface area contributed by atoms with E-state index in [0.29, 0.717) is 35.3 Å². The van der Waals surface area contributed by atoms with Crippen LogP contribution < -0.4 is 5.32 Å². The summed E-state index contributed by atoms with van der Waals surface area (Å²) in [7, 11) is 0. The maximum atomic E-state index is 13.6. The van der Waals surface area contributed by atoms with Gasteiger partial charge in [0.2, 0.25) is 5.91 Å². The largest absolute Gasteiger partial charge is 0.451 e. The molecule has 2 aromatic heterocycles. The molecule has 8 heteroatoms. The molecule has 0 bridgehead atoms. The van der Waals surface area contributed by atoms with Crippen molar-refractivity contribution in [2.24, 2.45) is 5.92 Å². The molecule has 34 heavy (non-hydrogen) atoms. The van der Waals surface area contributed by atoms with Crippen molar-refractivity contribution in [1.82, 2.24) is 14.9 Å². The van der Waals surface area contributed by atoms with Gasteiger partial charge in [-0.05, 0) is 37.1 Å². The number of nitrogens with zero attached hydrogens (tertiary/aromatic N) is 3. The molecule has 172 valence electrons. The lowest BCUT2D eigenvalue weighted by molar-refractivity contribution is -0.121. The minimum Gasteiger partial charge on any atom is -0.451 e. The van der Waals surface area contributed by atoms with Gasteiger partial charge in [-0.3, -0.25) is 9.59 Å². The second-order valence-corrected chi connectivity index (χ2v) is 9.11. The molecule has 1 aliphatic heterocycles. The minimum absolute atomic E-state index is 0.0645. The number of nitrogens with one attached hydrogen (secondary N) is 1. The van der Waals surface area contributed by atoms with Crippen molar-refractivity contribution in [2.75, 3.05) is 18.4 Å². The summed E-state index contributed by atoms with van der Waals surface area (Å²) in [6.45, 7) is 0.961. The Balaban J connectivity index is 1.35. The summed E-state index contributed by atoms with van der Waals surface area (Å²) in [5.41, 5.74) is 2.26. The standard InChI is InChI=1S/C26H24N4O3S/c31-24(29-19-9-2-1-3-10-19)18-8-6-15-30(16-18)25(32)23-21(17-34-26-27-13-7-14-28-26)20-11-4-5-12-22(20)33-23/h1-5,7,9-14,18H,6,8,15-17H2,(H,29,31). The monoisotopic (exact) mass is 472 g/mol. The van der Waals surface area contributed by atoms with Crippen molar-refractivity contribution in [3.05, 3.63) is 84.4 Å². The van der Waals surface area contributed by atoms with Crippen LogP contribution in [0.3, 0.4) is 0 Å². The Morgan fingerprint density at radius 3 is 2.62 bits per heavy atom. The number of likely N-dealkylation sites (tertiary alicyclic amines) is 1. The molecule has 2 aromatic carbocycles. The van der Waals surface area contributed by atoms with Crippen LogP contribution in [0.5, 0.6) is 0 Å². The molecule has 0 radical (unpaired) electrons. The highest BCUT2D eigenvalue weighted by molar-refractivity contribution is 7.98. The number of aromatic nitrogens is 2. The van der Waals surface area contributed by atoms with Gasteiger partial charge in [0.15, 0.2) is 10.9 Å². The van der Waals surface area contributed by atoms with Crippen LogP contribution in [0.2, 0.25) is 0 Å². The Bertz CT molecular complexity index is 1290. The van der Waals surface area contributed by atoms with E-state index in [2.05, 4.69) is 15.3 Å². The number of fused-ring (bicyclic) bond motifs is 1. The van der Waals surface area contributed by atoms with Gasteiger partial charge in [0.05, 0.1) is 5.92 Å². The van der Waals surface area contributed by atoms with Crippen LogP contribution in [0.1, 0.15) is 29.0 Å². The van der Waals surface area contributed by atoms with Crippen molar-refractivity contribution in [3.8, 4) is 0 Å². The summed E-state index contributed by atoms with van der Waals surface area (Å²) in [5, 5.41) is 4.51. The fourth-order valence-corrected chi connectivity index (χ4v) is 5.03. The molecule has 0 saturated carbocycles. The fourth-order valence-electron chi connectivity index (χ4n) is 4.20. The number of carbonyl (C=O) groups is 2. The predicted octanol–water partition coefficient (Wildman–Crippen LogP) is 5.01. The number of rotatable bonds is 6. The SMILES string of the molecule is O=C(Nc1ccccc1)C1CCCN(C(=O)c2oc3ccccc3c2CSc2ncccn2)C1. The maximum absolute atomic E-state index is 13.6. The Labute approximate surface area is 201 Å². The highest BCUT2D eigenvalue weighted by Gasteiger charge is 2.32. The van der Waals surface area contributed by atoms with Gasteiger partial charge in [0.1, 0.15) is 5.58 Å². The van der Waals surface area contributed by atoms with Gasteiger partial charge >= 0.3 is 0 Å². The summed E-state index contributed by atoms with van der Waals surface area (Å²) < 4.78 is 6.05. The lowest BCUT2D eigenvalue weighted by Gasteiger charge is -2.31. The van der Waals surface area contributed by atoms with E-state index in [0.717, 1.165) is 29.5 Å². The first-order valence-corrected chi connectivity index (χ1v) is 12.2. The molecular formula is C26H24N4O3S. The second kappa shape index (κ2) is 10.1. The third-order valence-electron chi connectivity index (χ3n) is 5.90. The van der Waals surface area contributed by atoms with Crippen LogP contribution in [-0.4, -0.2) is 39.8 Å². The van der Waals surface area contributed by atoms with E-state index in [4.69, 9.17) is 4.42 Å². The lowest BCUT2D eigenvalue weighted by atomic mass is 9.96. The number of carbonyl (C=O) groups excluding carboxylic acids is 2. The van der Waals surface area contributed by atoms with Crippen molar-refractivity contribution in [1.29, 1.82) is 0 Å². The van der Waals surface area contributed by atoms with Crippen LogP contribution in [0, 0.1) is 5.92 Å². The molecule has 0 spiro atoms. The van der Waals surface area contributed by atoms with E-state index < -0.39 is 0 Å². The third kappa shape index (κ3) is 4.82. The van der Waals surface area contributed by atoms with Crippen molar-refractivity contribution < 1.29 is 14.0 Å². The Morgan fingerprint density at radius 1 is 1.03 bits per heavy atom. The summed E-state index contributed by atoms with van der Waals surface area (Å²) in [6, 6.07) is 18.8. The first-order valence-electron chi connectivity index (χ1n) is 11.2. The molecule has 1 aliphatic rings. The first-order chi connectivity index (χ1) is 16.7. The number of piperidine rings is 1. The van der Waals surface area contributed by atoms with E-state index in [1.807, 2.05) is 54.6 Å². The van der Waals surface area contributed by atoms with E-state index in [1.165, 1.54) is 11.8 Å². The number of benzene rings is 2. The molecule has 1 unspecified atom stereocenters. The van der Waals surface area contributed by atoms with Gasteiger partial charge in [-0.2, -0.15) is 0 Å². The quantitative estimate of drug-likeness (QED) is 0.314. The molecular weight excluding hydrogens is 448 g/mol. The van der Waals surface area contributed by atoms with Gasteiger partial charge < -0.3 is 14.6 Å². The molecule has 3 heterocycles. The highest BCUT2D eigenvalue weighted by atomic mass is 32.2. The van der Waals surface area contributed by atoms with Crippen LogP contribution >= 0.6 is 11.8 Å². The number of furan rings is 1. The predicted molar refractivity (Wildman–Crippen MR) is 132 cm³/mol. The van der Waals surface area contributed by atoms with Gasteiger partial charge in [0, 0.05) is 47.9 Å². The van der Waals surface area contributed by atoms with Crippen LogP contribution in [-0.2, 0) is 10.5 Å². The number of hydrogen-bond donors (Lipinski definition) is 1. The number of anilines is 1. The van der Waals surface area contributed by atoms with Gasteiger partial charge in [-0.15, -0.1) is 0 Å². The maximum Gasteiger partial charge on any atom is 0.289 e. The molecule has 7 nitrogen and oxygen atoms in total. The molecule has 4 aromatic rings. The smallest absolute Gasteiger partial charge is 0.289 e. The Hall–Kier alpha value is -3.65. The molecule has 1 fully saturated rings. The van der Waals surface area contributed by atoms with E-state index >= 15 is 0 Å². The molecule has 5 rings (SSSR count). The second-order valence-electron chi connectivity index (χ2n) is 8.17. The molecule has 2 amide bonds. The van der Waals surface area contributed by atoms with E-state index in [-0.39, 0.29) is 17.7 Å². The Morgan fingerprint density at radius 2 is 1.79 bits per heavy atom. The number of para-hydroxylation sites is 2. The average Bonchev–Trinajstić information content (AvgIpc) is 3.27. The average molecular weight is 473 g/mol. The summed E-state index contributed by atoms with van der Waals surface area (Å²) in [5.74, 6) is 0.323. The van der Waals surface area contributed by atoms with Crippen molar-refractivity contribution in [2.45, 2.75) is 23.8 Å². The van der Waals surface area contributed by atoms with E-state index in [9.17, 15) is 9.59 Å². The summed E-state index contributed by atoms with van der Waals surface area (Å²) >= 11 is 1.46. The highest BCUT2D eigenvalue weighted by Crippen LogP contribution is 2.32. The lowest BCUT2D eigenvalue weighted by Crippen LogP contribution is -2.43. The molecule has 1 N–H and O–H groups in total. The van der Waals surface area contributed by atoms with Crippen LogP contribution in [0.25, 0.3) is 11.0 Å². The zero-order valence-electron chi connectivity index (χ0n) is 18.5. The zero-order chi connectivity index (χ0) is 23.3. The fraction of sp³-hybridized carbons (Fsp3) is 0.231. The van der Waals surface area contributed by atoms with Gasteiger partial charge in [-0.1, -0.05) is 48.2 Å². The number of amides is 2. The topological polar surface area (TPSA) is 88.3 Å². The normalized spacial score (nSPS) is 15.9. The first kappa shape index (κ1) is 22.2. The van der Waals surface area contributed by atoms with Crippen LogP contribution in [0.4, 0.5) is 5.69 Å². The van der Waals surface area contributed by atoms with Crippen molar-refractivity contribution in [3.63, 3.8) is 0 Å². The molecule has 1 saturated heterocycles. The van der Waals surface area contributed by atoms with Gasteiger partial charge in [0.25, 0.3) is 5.91 Å². The zero-order valence-corrected chi connectivity index (χ0v) is 19.3. The van der Waals surface area contributed by atoms with Gasteiger partial charge in [-0.25, -0.2) is 9.97 Å². The summed E-state index contributed by atoms with van der Waals surface area (Å²) in [4.78, 5) is 36.7. The minimum atomic E-state index is -0.266. The van der Waals surface area contributed by atoms with Crippen molar-refractivity contribution >= 4 is 40.2 Å². The molecule has 0 aliphatic carbocycles. The van der Waals surface area contributed by atoms with E-state index in [1.54, 1.807) is 23.4 Å². The van der Waals surface area contributed by atoms with Crippen LogP contribution in [0.15, 0.2) is 82.6 Å². The summed E-state index contributed by atoms with van der Waals surface area (Å²) in [6.07, 6.45) is 4.91. The third-order valence-corrected chi connectivity index (χ3v) is 6.80.